The van der Waals surface area contributed by atoms with Crippen molar-refractivity contribution in [3.63, 3.8) is 0 Å². The fourth-order valence-electron chi connectivity index (χ4n) is 1.18. The highest BCUT2D eigenvalue weighted by atomic mass is 16.3. The molecule has 0 spiro atoms. The normalized spacial score (nSPS) is 10.1. The van der Waals surface area contributed by atoms with E-state index in [1.54, 1.807) is 0 Å². The third-order valence-corrected chi connectivity index (χ3v) is 1.75. The van der Waals surface area contributed by atoms with Crippen LogP contribution in [-0.2, 0) is 0 Å². The molecule has 0 aliphatic carbocycles. The second-order valence-corrected chi connectivity index (χ2v) is 2.50. The summed E-state index contributed by atoms with van der Waals surface area (Å²) in [6.07, 6.45) is 1.44. The second-order valence-electron chi connectivity index (χ2n) is 2.50. The van der Waals surface area contributed by atoms with Crippen LogP contribution in [0.2, 0.25) is 0 Å². The van der Waals surface area contributed by atoms with Crippen molar-refractivity contribution in [3.8, 4) is 17.7 Å². The quantitative estimate of drug-likeness (QED) is 0.614. The summed E-state index contributed by atoms with van der Waals surface area (Å²) in [4.78, 5) is 0. The van der Waals surface area contributed by atoms with Crippen molar-refractivity contribution in [1.82, 2.24) is 9.61 Å². The van der Waals surface area contributed by atoms with Gasteiger partial charge < -0.3 is 10.2 Å². The van der Waals surface area contributed by atoms with Gasteiger partial charge in [0.1, 0.15) is 17.4 Å². The van der Waals surface area contributed by atoms with Gasteiger partial charge >= 0.3 is 0 Å². The number of nitriles is 1. The number of nitrogens with zero attached hydrogens (tertiary/aromatic N) is 3. The molecule has 2 heterocycles. The van der Waals surface area contributed by atoms with Crippen molar-refractivity contribution in [1.29, 1.82) is 5.26 Å². The summed E-state index contributed by atoms with van der Waals surface area (Å²) in [5, 5.41) is 31.0. The van der Waals surface area contributed by atoms with Gasteiger partial charge in [-0.2, -0.15) is 14.9 Å². The van der Waals surface area contributed by atoms with E-state index in [2.05, 4.69) is 5.10 Å². The first-order chi connectivity index (χ1) is 6.24. The molecule has 5 heteroatoms. The molecule has 0 saturated carbocycles. The zero-order chi connectivity index (χ0) is 9.42. The van der Waals surface area contributed by atoms with E-state index in [1.807, 2.05) is 6.07 Å². The van der Waals surface area contributed by atoms with Gasteiger partial charge in [-0.05, 0) is 6.07 Å². The molecule has 0 unspecified atom stereocenters. The molecule has 5 nitrogen and oxygen atoms in total. The van der Waals surface area contributed by atoms with Crippen LogP contribution in [0.4, 0.5) is 0 Å². The fraction of sp³-hybridized carbons (Fsp3) is 0. The van der Waals surface area contributed by atoms with Gasteiger partial charge in [-0.3, -0.25) is 0 Å². The molecule has 0 fully saturated rings. The van der Waals surface area contributed by atoms with E-state index in [4.69, 9.17) is 5.26 Å². The number of hydrogen-bond acceptors (Lipinski definition) is 4. The summed E-state index contributed by atoms with van der Waals surface area (Å²) in [5.41, 5.74) is 0.496. The van der Waals surface area contributed by atoms with E-state index in [9.17, 15) is 10.2 Å². The summed E-state index contributed by atoms with van der Waals surface area (Å²) < 4.78 is 1.18. The summed E-state index contributed by atoms with van der Waals surface area (Å²) in [7, 11) is 0. The van der Waals surface area contributed by atoms with Gasteiger partial charge in [0.15, 0.2) is 0 Å². The summed E-state index contributed by atoms with van der Waals surface area (Å²) >= 11 is 0. The molecule has 0 aliphatic rings. The summed E-state index contributed by atoms with van der Waals surface area (Å²) in [6, 6.07) is 4.45. The van der Waals surface area contributed by atoms with E-state index >= 15 is 0 Å². The fourth-order valence-corrected chi connectivity index (χ4v) is 1.18. The Balaban J connectivity index is 2.99. The first-order valence-corrected chi connectivity index (χ1v) is 3.53. The van der Waals surface area contributed by atoms with Gasteiger partial charge in [-0.15, -0.1) is 0 Å². The average Bonchev–Trinajstić information content (AvgIpc) is 2.53. The lowest BCUT2D eigenvalue weighted by Crippen LogP contribution is -1.91. The zero-order valence-corrected chi connectivity index (χ0v) is 6.47. The highest BCUT2D eigenvalue weighted by molar-refractivity contribution is 5.66. The molecular formula is C8H5N3O2. The third-order valence-electron chi connectivity index (χ3n) is 1.75. The number of hydrogen-bond donors (Lipinski definition) is 2. The molecule has 0 amide bonds. The van der Waals surface area contributed by atoms with Crippen LogP contribution in [0.1, 0.15) is 5.56 Å². The number of pyridine rings is 1. The highest BCUT2D eigenvalue weighted by Gasteiger charge is 2.10. The van der Waals surface area contributed by atoms with Crippen LogP contribution in [-0.4, -0.2) is 19.8 Å². The molecule has 2 aromatic rings. The molecule has 0 aromatic carbocycles. The Hall–Kier alpha value is -2.22. The molecular weight excluding hydrogens is 170 g/mol. The van der Waals surface area contributed by atoms with Gasteiger partial charge in [0.25, 0.3) is 0 Å². The molecule has 13 heavy (non-hydrogen) atoms. The predicted molar refractivity (Wildman–Crippen MR) is 43.2 cm³/mol. The van der Waals surface area contributed by atoms with E-state index in [-0.39, 0.29) is 17.2 Å². The van der Waals surface area contributed by atoms with Crippen molar-refractivity contribution in [3.05, 3.63) is 23.9 Å². The maximum Gasteiger partial charge on any atom is 0.216 e. The molecule has 0 radical (unpaired) electrons. The smallest absolute Gasteiger partial charge is 0.216 e. The van der Waals surface area contributed by atoms with Crippen LogP contribution in [0.15, 0.2) is 18.3 Å². The van der Waals surface area contributed by atoms with Gasteiger partial charge in [0, 0.05) is 6.07 Å². The lowest BCUT2D eigenvalue weighted by Gasteiger charge is -2.01. The molecule has 0 aliphatic heterocycles. The maximum atomic E-state index is 9.29. The highest BCUT2D eigenvalue weighted by Crippen LogP contribution is 2.26. The Kier molecular flexibility index (Phi) is 1.36. The molecule has 64 valence electrons. The SMILES string of the molecule is N#Cc1c(O)cc(O)n2nccc12. The first-order valence-electron chi connectivity index (χ1n) is 3.53. The van der Waals surface area contributed by atoms with Gasteiger partial charge in [0.2, 0.25) is 5.88 Å². The topological polar surface area (TPSA) is 81.5 Å². The van der Waals surface area contributed by atoms with Gasteiger partial charge in [-0.1, -0.05) is 0 Å². The van der Waals surface area contributed by atoms with Crippen LogP contribution < -0.4 is 0 Å². The minimum atomic E-state index is -0.243. The summed E-state index contributed by atoms with van der Waals surface area (Å²) in [5.74, 6) is -0.440. The number of fused-ring (bicyclic) bond motifs is 1. The van der Waals surface area contributed by atoms with Crippen LogP contribution in [0, 0.1) is 11.3 Å². The first kappa shape index (κ1) is 7.43. The predicted octanol–water partition coefficient (Wildman–Crippen LogP) is 0.617. The van der Waals surface area contributed by atoms with Crippen molar-refractivity contribution in [2.75, 3.05) is 0 Å². The summed E-state index contributed by atoms with van der Waals surface area (Å²) in [6.45, 7) is 0. The Morgan fingerprint density at radius 2 is 2.23 bits per heavy atom. The van der Waals surface area contributed by atoms with E-state index in [0.717, 1.165) is 6.07 Å². The van der Waals surface area contributed by atoms with Crippen LogP contribution >= 0.6 is 0 Å². The number of rotatable bonds is 0. The van der Waals surface area contributed by atoms with Crippen molar-refractivity contribution in [2.24, 2.45) is 0 Å². The van der Waals surface area contributed by atoms with Crippen LogP contribution in [0.25, 0.3) is 5.52 Å². The zero-order valence-electron chi connectivity index (χ0n) is 6.47. The van der Waals surface area contributed by atoms with E-state index in [0.29, 0.717) is 5.52 Å². The second kappa shape index (κ2) is 2.38. The minimum absolute atomic E-state index is 0.107. The Bertz CT molecular complexity index is 510. The Morgan fingerprint density at radius 3 is 2.92 bits per heavy atom. The lowest BCUT2D eigenvalue weighted by molar-refractivity contribution is 0.422. The number of aromatic hydroxyl groups is 2. The van der Waals surface area contributed by atoms with E-state index in [1.165, 1.54) is 16.8 Å². The lowest BCUT2D eigenvalue weighted by atomic mass is 10.2. The maximum absolute atomic E-state index is 9.29. The molecule has 0 saturated heterocycles. The monoisotopic (exact) mass is 175 g/mol. The van der Waals surface area contributed by atoms with Crippen molar-refractivity contribution >= 4 is 5.52 Å². The van der Waals surface area contributed by atoms with Crippen molar-refractivity contribution in [2.45, 2.75) is 0 Å². The van der Waals surface area contributed by atoms with Gasteiger partial charge in [0.05, 0.1) is 11.7 Å². The Labute approximate surface area is 73.1 Å². The molecule has 2 rings (SSSR count). The van der Waals surface area contributed by atoms with Crippen LogP contribution in [0.3, 0.4) is 0 Å². The third kappa shape index (κ3) is 0.891. The van der Waals surface area contributed by atoms with Crippen molar-refractivity contribution < 1.29 is 10.2 Å². The molecule has 2 N–H and O–H groups in total. The van der Waals surface area contributed by atoms with E-state index < -0.39 is 0 Å². The molecule has 0 bridgehead atoms. The largest absolute Gasteiger partial charge is 0.506 e. The molecule has 2 aromatic heterocycles. The average molecular weight is 175 g/mol. The number of aromatic nitrogens is 2. The Morgan fingerprint density at radius 1 is 1.46 bits per heavy atom. The molecule has 0 atom stereocenters. The minimum Gasteiger partial charge on any atom is -0.506 e. The van der Waals surface area contributed by atoms with Gasteiger partial charge in [-0.25, -0.2) is 0 Å². The standard InChI is InChI=1S/C8H5N3O2/c9-4-5-6-1-2-10-11(6)8(13)3-7(5)12/h1-3,12-13H. The van der Waals surface area contributed by atoms with Crippen LogP contribution in [0.5, 0.6) is 11.6 Å².